The summed E-state index contributed by atoms with van der Waals surface area (Å²) >= 11 is 3.23. The van der Waals surface area contributed by atoms with Gasteiger partial charge in [-0.3, -0.25) is 4.79 Å². The smallest absolute Gasteiger partial charge is 0.244 e. The first-order valence-electron chi connectivity index (χ1n) is 6.48. The fraction of sp³-hybridized carbons (Fsp3) is 0.500. The van der Waals surface area contributed by atoms with Crippen LogP contribution in [0.1, 0.15) is 44.3 Å². The lowest BCUT2D eigenvalue weighted by molar-refractivity contribution is -0.117. The first-order chi connectivity index (χ1) is 8.74. The van der Waals surface area contributed by atoms with Crippen LogP contribution in [-0.4, -0.2) is 11.9 Å². The second-order valence-corrected chi connectivity index (χ2v) is 5.45. The molecule has 1 heterocycles. The predicted molar refractivity (Wildman–Crippen MR) is 75.1 cm³/mol. The molecule has 0 aromatic carbocycles. The molecular formula is C14H18BrNO2. The van der Waals surface area contributed by atoms with Crippen LogP contribution in [0.5, 0.6) is 0 Å². The van der Waals surface area contributed by atoms with E-state index in [1.54, 1.807) is 6.08 Å². The fourth-order valence-corrected chi connectivity index (χ4v) is 2.57. The third kappa shape index (κ3) is 4.33. The molecule has 0 aliphatic heterocycles. The number of carbonyl (C=O) groups excluding carboxylic acids is 1. The Labute approximate surface area is 116 Å². The summed E-state index contributed by atoms with van der Waals surface area (Å²) < 4.78 is 5.97. The molecule has 1 amide bonds. The minimum Gasteiger partial charge on any atom is -0.450 e. The Kier molecular flexibility index (Phi) is 5.05. The van der Waals surface area contributed by atoms with Crippen molar-refractivity contribution in [3.8, 4) is 0 Å². The third-order valence-corrected chi connectivity index (χ3v) is 3.62. The number of furan rings is 1. The molecule has 0 unspecified atom stereocenters. The van der Waals surface area contributed by atoms with Gasteiger partial charge in [0, 0.05) is 12.1 Å². The number of amides is 1. The normalized spacial score (nSPS) is 17.8. The first kappa shape index (κ1) is 13.4. The number of rotatable bonds is 3. The molecule has 0 saturated heterocycles. The van der Waals surface area contributed by atoms with Crippen LogP contribution in [0.15, 0.2) is 27.3 Å². The van der Waals surface area contributed by atoms with Crippen molar-refractivity contribution < 1.29 is 9.21 Å². The van der Waals surface area contributed by atoms with Gasteiger partial charge in [0.05, 0.1) is 0 Å². The molecule has 1 fully saturated rings. The summed E-state index contributed by atoms with van der Waals surface area (Å²) in [6, 6.07) is 3.97. The molecule has 1 aliphatic carbocycles. The topological polar surface area (TPSA) is 42.2 Å². The Morgan fingerprint density at radius 2 is 2.00 bits per heavy atom. The zero-order valence-corrected chi connectivity index (χ0v) is 11.9. The molecule has 98 valence electrons. The second kappa shape index (κ2) is 6.78. The lowest BCUT2D eigenvalue weighted by Crippen LogP contribution is -2.33. The van der Waals surface area contributed by atoms with Crippen LogP contribution in [0.4, 0.5) is 0 Å². The highest BCUT2D eigenvalue weighted by atomic mass is 79.9. The second-order valence-electron chi connectivity index (χ2n) is 4.67. The summed E-state index contributed by atoms with van der Waals surface area (Å²) in [5.41, 5.74) is 0. The average Bonchev–Trinajstić information content (AvgIpc) is 2.60. The average molecular weight is 312 g/mol. The molecule has 4 heteroatoms. The van der Waals surface area contributed by atoms with E-state index < -0.39 is 0 Å². The van der Waals surface area contributed by atoms with Gasteiger partial charge < -0.3 is 9.73 Å². The van der Waals surface area contributed by atoms with Gasteiger partial charge in [-0.2, -0.15) is 0 Å². The standard InChI is InChI=1S/C14H18BrNO2/c15-13-9-7-12(18-13)8-10-14(17)16-11-5-3-1-2-4-6-11/h7-11H,1-6H2,(H,16,17)/b10-8+. The van der Waals surface area contributed by atoms with Gasteiger partial charge in [-0.1, -0.05) is 25.7 Å². The highest BCUT2D eigenvalue weighted by molar-refractivity contribution is 9.10. The van der Waals surface area contributed by atoms with Crippen molar-refractivity contribution in [2.24, 2.45) is 0 Å². The quantitative estimate of drug-likeness (QED) is 0.679. The lowest BCUT2D eigenvalue weighted by atomic mass is 10.1. The van der Waals surface area contributed by atoms with E-state index in [2.05, 4.69) is 21.2 Å². The largest absolute Gasteiger partial charge is 0.450 e. The minimum absolute atomic E-state index is 0.0329. The minimum atomic E-state index is -0.0329. The Balaban J connectivity index is 1.82. The van der Waals surface area contributed by atoms with Gasteiger partial charge in [-0.15, -0.1) is 0 Å². The summed E-state index contributed by atoms with van der Waals surface area (Å²) in [6.45, 7) is 0. The van der Waals surface area contributed by atoms with E-state index in [-0.39, 0.29) is 5.91 Å². The molecule has 18 heavy (non-hydrogen) atoms. The number of halogens is 1. The van der Waals surface area contributed by atoms with E-state index in [0.29, 0.717) is 16.5 Å². The summed E-state index contributed by atoms with van der Waals surface area (Å²) in [7, 11) is 0. The molecule has 0 bridgehead atoms. The predicted octanol–water partition coefficient (Wildman–Crippen LogP) is 3.89. The van der Waals surface area contributed by atoms with Crippen LogP contribution in [-0.2, 0) is 4.79 Å². The van der Waals surface area contributed by atoms with Crippen molar-refractivity contribution in [3.05, 3.63) is 28.6 Å². The molecule has 2 rings (SSSR count). The number of hydrogen-bond acceptors (Lipinski definition) is 2. The zero-order chi connectivity index (χ0) is 12.8. The van der Waals surface area contributed by atoms with Gasteiger partial charge in [0.25, 0.3) is 0 Å². The maximum absolute atomic E-state index is 11.8. The molecule has 1 aromatic rings. The molecule has 1 N–H and O–H groups in total. The van der Waals surface area contributed by atoms with Crippen LogP contribution in [0.2, 0.25) is 0 Å². The number of hydrogen-bond donors (Lipinski definition) is 1. The van der Waals surface area contributed by atoms with Crippen LogP contribution in [0.25, 0.3) is 6.08 Å². The number of carbonyl (C=O) groups is 1. The number of nitrogens with one attached hydrogen (secondary N) is 1. The Morgan fingerprint density at radius 3 is 2.61 bits per heavy atom. The molecule has 1 saturated carbocycles. The van der Waals surface area contributed by atoms with Gasteiger partial charge in [0.2, 0.25) is 5.91 Å². The molecule has 1 aromatic heterocycles. The van der Waals surface area contributed by atoms with Crippen LogP contribution in [0, 0.1) is 0 Å². The van der Waals surface area contributed by atoms with Gasteiger partial charge in [-0.25, -0.2) is 0 Å². The summed E-state index contributed by atoms with van der Waals surface area (Å²) in [6.07, 6.45) is 10.5. The first-order valence-corrected chi connectivity index (χ1v) is 7.27. The lowest BCUT2D eigenvalue weighted by Gasteiger charge is -2.14. The third-order valence-electron chi connectivity index (χ3n) is 3.19. The van der Waals surface area contributed by atoms with Crippen molar-refractivity contribution in [2.45, 2.75) is 44.6 Å². The van der Waals surface area contributed by atoms with Crippen molar-refractivity contribution in [1.82, 2.24) is 5.32 Å². The van der Waals surface area contributed by atoms with Crippen molar-refractivity contribution in [3.63, 3.8) is 0 Å². The maximum atomic E-state index is 11.8. The zero-order valence-electron chi connectivity index (χ0n) is 10.3. The fourth-order valence-electron chi connectivity index (χ4n) is 2.25. The summed E-state index contributed by atoms with van der Waals surface area (Å²) in [4.78, 5) is 11.8. The SMILES string of the molecule is O=C(/C=C/c1ccc(Br)o1)NC1CCCCCC1. The maximum Gasteiger partial charge on any atom is 0.244 e. The van der Waals surface area contributed by atoms with Crippen LogP contribution >= 0.6 is 15.9 Å². The van der Waals surface area contributed by atoms with Crippen molar-refractivity contribution in [1.29, 1.82) is 0 Å². The van der Waals surface area contributed by atoms with Crippen molar-refractivity contribution in [2.75, 3.05) is 0 Å². The van der Waals surface area contributed by atoms with Gasteiger partial charge in [0.15, 0.2) is 4.67 Å². The monoisotopic (exact) mass is 311 g/mol. The van der Waals surface area contributed by atoms with E-state index in [4.69, 9.17) is 4.42 Å². The summed E-state index contributed by atoms with van der Waals surface area (Å²) in [5.74, 6) is 0.646. The van der Waals surface area contributed by atoms with Crippen LogP contribution in [0.3, 0.4) is 0 Å². The van der Waals surface area contributed by atoms with E-state index >= 15 is 0 Å². The molecule has 0 radical (unpaired) electrons. The Hall–Kier alpha value is -1.03. The van der Waals surface area contributed by atoms with E-state index in [0.717, 1.165) is 12.8 Å². The molecular weight excluding hydrogens is 294 g/mol. The van der Waals surface area contributed by atoms with E-state index in [1.807, 2.05) is 12.1 Å². The Bertz CT molecular complexity index is 417. The van der Waals surface area contributed by atoms with Crippen molar-refractivity contribution >= 4 is 27.9 Å². The Morgan fingerprint density at radius 1 is 1.28 bits per heavy atom. The van der Waals surface area contributed by atoms with E-state index in [9.17, 15) is 4.79 Å². The van der Waals surface area contributed by atoms with Gasteiger partial charge in [-0.05, 0) is 47.0 Å². The van der Waals surface area contributed by atoms with Crippen LogP contribution < -0.4 is 5.32 Å². The summed E-state index contributed by atoms with van der Waals surface area (Å²) in [5, 5.41) is 3.06. The molecule has 0 atom stereocenters. The molecule has 3 nitrogen and oxygen atoms in total. The van der Waals surface area contributed by atoms with E-state index in [1.165, 1.54) is 31.8 Å². The van der Waals surface area contributed by atoms with Gasteiger partial charge >= 0.3 is 0 Å². The van der Waals surface area contributed by atoms with Gasteiger partial charge in [0.1, 0.15) is 5.76 Å². The molecule has 1 aliphatic rings. The molecule has 0 spiro atoms. The highest BCUT2D eigenvalue weighted by Gasteiger charge is 2.13. The highest BCUT2D eigenvalue weighted by Crippen LogP contribution is 2.17.